The molecule has 2 N–H and O–H groups in total. The van der Waals surface area contributed by atoms with E-state index in [1.807, 2.05) is 19.1 Å². The number of aromatic nitrogens is 1. The van der Waals surface area contributed by atoms with Gasteiger partial charge >= 0.3 is 0 Å². The third kappa shape index (κ3) is 3.59. The predicted molar refractivity (Wildman–Crippen MR) is 72.6 cm³/mol. The summed E-state index contributed by atoms with van der Waals surface area (Å²) in [5.41, 5.74) is 0.883. The number of aliphatic imine (C=N–C) groups is 1. The lowest BCUT2D eigenvalue weighted by Crippen LogP contribution is -2.36. The number of guanidine groups is 1. The molecule has 2 aromatic heterocycles. The van der Waals surface area contributed by atoms with Gasteiger partial charge in [-0.05, 0) is 18.4 Å². The van der Waals surface area contributed by atoms with Crippen LogP contribution in [0.15, 0.2) is 33.1 Å². The average Bonchev–Trinajstić information content (AvgIpc) is 3.01. The van der Waals surface area contributed by atoms with Crippen LogP contribution in [0.25, 0.3) is 0 Å². The number of hydrogen-bond acceptors (Lipinski definition) is 4. The van der Waals surface area contributed by atoms with E-state index in [-0.39, 0.29) is 0 Å². The molecular weight excluding hydrogens is 248 g/mol. The van der Waals surface area contributed by atoms with Crippen molar-refractivity contribution in [2.24, 2.45) is 4.99 Å². The summed E-state index contributed by atoms with van der Waals surface area (Å²) >= 11 is 1.72. The van der Waals surface area contributed by atoms with Crippen molar-refractivity contribution in [3.63, 3.8) is 0 Å². The lowest BCUT2D eigenvalue weighted by molar-refractivity contribution is 0.376. The fourth-order valence-corrected chi connectivity index (χ4v) is 2.12. The first-order valence-electron chi connectivity index (χ1n) is 5.67. The summed E-state index contributed by atoms with van der Waals surface area (Å²) in [6.45, 7) is 3.24. The summed E-state index contributed by atoms with van der Waals surface area (Å²) < 4.78 is 5.12. The van der Waals surface area contributed by atoms with Crippen molar-refractivity contribution < 1.29 is 4.52 Å². The smallest absolute Gasteiger partial charge is 0.191 e. The fourth-order valence-electron chi connectivity index (χ4n) is 1.48. The number of thiophene rings is 1. The van der Waals surface area contributed by atoms with E-state index in [1.165, 1.54) is 4.88 Å². The van der Waals surface area contributed by atoms with E-state index >= 15 is 0 Å². The van der Waals surface area contributed by atoms with Gasteiger partial charge in [0.15, 0.2) is 11.7 Å². The minimum atomic E-state index is 0.574. The Morgan fingerprint density at radius 1 is 1.44 bits per heavy atom. The molecular formula is C12H16N4OS. The SMILES string of the molecule is CN=C(NCc1cc(C)no1)NCc1cccs1. The molecule has 96 valence electrons. The van der Waals surface area contributed by atoms with Gasteiger partial charge in [-0.2, -0.15) is 0 Å². The zero-order valence-electron chi connectivity index (χ0n) is 10.4. The molecule has 0 aliphatic carbocycles. The highest BCUT2D eigenvalue weighted by Crippen LogP contribution is 2.07. The Labute approximate surface area is 110 Å². The van der Waals surface area contributed by atoms with Gasteiger partial charge in [0.05, 0.1) is 18.8 Å². The van der Waals surface area contributed by atoms with Crippen molar-refractivity contribution in [3.05, 3.63) is 39.9 Å². The molecule has 0 aliphatic heterocycles. The Hall–Kier alpha value is -1.82. The Balaban J connectivity index is 1.79. The monoisotopic (exact) mass is 264 g/mol. The molecule has 0 saturated heterocycles. The Bertz CT molecular complexity index is 504. The maximum Gasteiger partial charge on any atom is 0.191 e. The van der Waals surface area contributed by atoms with Gasteiger partial charge in [-0.25, -0.2) is 0 Å². The van der Waals surface area contributed by atoms with Gasteiger partial charge in [-0.15, -0.1) is 11.3 Å². The maximum atomic E-state index is 5.12. The first-order chi connectivity index (χ1) is 8.78. The van der Waals surface area contributed by atoms with E-state index in [0.717, 1.165) is 24.0 Å². The average molecular weight is 264 g/mol. The predicted octanol–water partition coefficient (Wildman–Crippen LogP) is 1.91. The number of nitrogens with one attached hydrogen (secondary N) is 2. The van der Waals surface area contributed by atoms with Crippen LogP contribution in [0.4, 0.5) is 0 Å². The van der Waals surface area contributed by atoms with Crippen LogP contribution in [0, 0.1) is 6.92 Å². The molecule has 0 atom stereocenters. The highest BCUT2D eigenvalue weighted by atomic mass is 32.1. The van der Waals surface area contributed by atoms with E-state index in [0.29, 0.717) is 6.54 Å². The van der Waals surface area contributed by atoms with Gasteiger partial charge in [-0.3, -0.25) is 4.99 Å². The first-order valence-corrected chi connectivity index (χ1v) is 6.55. The second kappa shape index (κ2) is 6.20. The second-order valence-corrected chi connectivity index (χ2v) is 4.83. The van der Waals surface area contributed by atoms with Crippen molar-refractivity contribution in [1.29, 1.82) is 0 Å². The van der Waals surface area contributed by atoms with Gasteiger partial charge in [0.1, 0.15) is 0 Å². The molecule has 2 heterocycles. The Morgan fingerprint density at radius 3 is 2.89 bits per heavy atom. The van der Waals surface area contributed by atoms with Crippen LogP contribution in [-0.2, 0) is 13.1 Å². The summed E-state index contributed by atoms with van der Waals surface area (Å²) in [6.07, 6.45) is 0. The van der Waals surface area contributed by atoms with Crippen LogP contribution in [-0.4, -0.2) is 18.2 Å². The van der Waals surface area contributed by atoms with E-state index in [4.69, 9.17) is 4.52 Å². The summed E-state index contributed by atoms with van der Waals surface area (Å²) in [6, 6.07) is 6.03. The molecule has 2 rings (SSSR count). The highest BCUT2D eigenvalue weighted by Gasteiger charge is 2.03. The van der Waals surface area contributed by atoms with Crippen LogP contribution in [0.5, 0.6) is 0 Å². The van der Waals surface area contributed by atoms with Gasteiger partial charge < -0.3 is 15.2 Å². The van der Waals surface area contributed by atoms with Crippen LogP contribution in [0.3, 0.4) is 0 Å². The van der Waals surface area contributed by atoms with E-state index < -0.39 is 0 Å². The van der Waals surface area contributed by atoms with Gasteiger partial charge in [-0.1, -0.05) is 11.2 Å². The Kier molecular flexibility index (Phi) is 4.35. The first kappa shape index (κ1) is 12.6. The molecule has 0 aliphatic rings. The minimum absolute atomic E-state index is 0.574. The zero-order chi connectivity index (χ0) is 12.8. The number of aryl methyl sites for hydroxylation is 1. The molecule has 0 spiro atoms. The molecule has 0 radical (unpaired) electrons. The number of nitrogens with zero attached hydrogens (tertiary/aromatic N) is 2. The quantitative estimate of drug-likeness (QED) is 0.654. The molecule has 0 bridgehead atoms. The Morgan fingerprint density at radius 2 is 2.28 bits per heavy atom. The largest absolute Gasteiger partial charge is 0.359 e. The van der Waals surface area contributed by atoms with Gasteiger partial charge in [0.25, 0.3) is 0 Å². The molecule has 18 heavy (non-hydrogen) atoms. The summed E-state index contributed by atoms with van der Waals surface area (Å²) in [4.78, 5) is 5.42. The topological polar surface area (TPSA) is 62.5 Å². The van der Waals surface area contributed by atoms with Crippen LogP contribution in [0.2, 0.25) is 0 Å². The van der Waals surface area contributed by atoms with Crippen LogP contribution < -0.4 is 10.6 Å². The number of rotatable bonds is 4. The van der Waals surface area contributed by atoms with E-state index in [9.17, 15) is 0 Å². The molecule has 5 nitrogen and oxygen atoms in total. The standard InChI is InChI=1S/C12H16N4OS/c1-9-6-10(17-16-9)7-14-12(13-2)15-8-11-4-3-5-18-11/h3-6H,7-8H2,1-2H3,(H2,13,14,15). The molecule has 0 saturated carbocycles. The lowest BCUT2D eigenvalue weighted by atomic mass is 10.4. The summed E-state index contributed by atoms with van der Waals surface area (Å²) in [5.74, 6) is 1.55. The number of hydrogen-bond donors (Lipinski definition) is 2. The van der Waals surface area contributed by atoms with E-state index in [2.05, 4.69) is 32.2 Å². The lowest BCUT2D eigenvalue weighted by Gasteiger charge is -2.09. The molecule has 6 heteroatoms. The van der Waals surface area contributed by atoms with Gasteiger partial charge in [0.2, 0.25) is 0 Å². The molecule has 0 amide bonds. The third-order valence-electron chi connectivity index (χ3n) is 2.34. The molecule has 0 unspecified atom stereocenters. The van der Waals surface area contributed by atoms with Crippen molar-refractivity contribution in [2.75, 3.05) is 7.05 Å². The van der Waals surface area contributed by atoms with Crippen molar-refractivity contribution in [1.82, 2.24) is 15.8 Å². The second-order valence-electron chi connectivity index (χ2n) is 3.79. The molecule has 2 aromatic rings. The summed E-state index contributed by atoms with van der Waals surface area (Å²) in [7, 11) is 1.75. The van der Waals surface area contributed by atoms with Crippen molar-refractivity contribution in [2.45, 2.75) is 20.0 Å². The third-order valence-corrected chi connectivity index (χ3v) is 3.22. The summed E-state index contributed by atoms with van der Waals surface area (Å²) in [5, 5.41) is 12.3. The molecule has 0 aromatic carbocycles. The van der Waals surface area contributed by atoms with Gasteiger partial charge in [0, 0.05) is 18.0 Å². The van der Waals surface area contributed by atoms with Crippen molar-refractivity contribution in [3.8, 4) is 0 Å². The maximum absolute atomic E-state index is 5.12. The highest BCUT2D eigenvalue weighted by molar-refractivity contribution is 7.09. The van der Waals surface area contributed by atoms with Crippen molar-refractivity contribution >= 4 is 17.3 Å². The zero-order valence-corrected chi connectivity index (χ0v) is 11.3. The van der Waals surface area contributed by atoms with E-state index in [1.54, 1.807) is 18.4 Å². The van der Waals surface area contributed by atoms with Crippen LogP contribution >= 0.6 is 11.3 Å². The fraction of sp³-hybridized carbons (Fsp3) is 0.333. The normalized spacial score (nSPS) is 11.6. The minimum Gasteiger partial charge on any atom is -0.359 e. The van der Waals surface area contributed by atoms with Crippen LogP contribution in [0.1, 0.15) is 16.3 Å². The molecule has 0 fully saturated rings.